The second kappa shape index (κ2) is 3.35. The maximum absolute atomic E-state index is 10.2. The summed E-state index contributed by atoms with van der Waals surface area (Å²) in [5.41, 5.74) is -1.05. The van der Waals surface area contributed by atoms with E-state index in [0.29, 0.717) is 13.0 Å². The molecule has 1 aliphatic carbocycles. The lowest BCUT2D eigenvalue weighted by molar-refractivity contribution is -0.210. The van der Waals surface area contributed by atoms with Gasteiger partial charge in [0, 0.05) is 23.7 Å². The number of rotatable bonds is 0. The molecule has 1 saturated carbocycles. The quantitative estimate of drug-likeness (QED) is 0.734. The Bertz CT molecular complexity index is 400. The van der Waals surface area contributed by atoms with Crippen LogP contribution in [0.1, 0.15) is 54.4 Å². The molecule has 4 nitrogen and oxygen atoms in total. The van der Waals surface area contributed by atoms with Crippen LogP contribution in [0.25, 0.3) is 0 Å². The zero-order valence-corrected chi connectivity index (χ0v) is 12.9. The number of ether oxygens (including phenoxy) is 3. The summed E-state index contributed by atoms with van der Waals surface area (Å²) >= 11 is 0. The molecule has 0 aromatic rings. The maximum Gasteiger partial charge on any atom is 0.171 e. The highest BCUT2D eigenvalue weighted by molar-refractivity contribution is 5.13. The zero-order chi connectivity index (χ0) is 14.3. The summed E-state index contributed by atoms with van der Waals surface area (Å²) in [6.07, 6.45) is 0.737. The normalized spacial score (nSPS) is 49.7. The molecular weight excluding hydrogens is 244 g/mol. The van der Waals surface area contributed by atoms with E-state index in [9.17, 15) is 5.11 Å². The summed E-state index contributed by atoms with van der Waals surface area (Å²) in [6.45, 7) is 13.1. The molecule has 0 bridgehead atoms. The largest absolute Gasteiger partial charge is 0.367 e. The minimum Gasteiger partial charge on any atom is -0.367 e. The lowest BCUT2D eigenvalue weighted by Gasteiger charge is -2.32. The van der Waals surface area contributed by atoms with Crippen molar-refractivity contribution in [1.82, 2.24) is 0 Å². The third-order valence-electron chi connectivity index (χ3n) is 6.11. The zero-order valence-electron chi connectivity index (χ0n) is 12.9. The van der Waals surface area contributed by atoms with Crippen molar-refractivity contribution >= 4 is 0 Å². The Labute approximate surface area is 115 Å². The van der Waals surface area contributed by atoms with Gasteiger partial charge in [-0.3, -0.25) is 0 Å². The van der Waals surface area contributed by atoms with Gasteiger partial charge >= 0.3 is 0 Å². The minimum absolute atomic E-state index is 0.0943. The van der Waals surface area contributed by atoms with Crippen LogP contribution < -0.4 is 0 Å². The molecule has 0 aromatic carbocycles. The highest BCUT2D eigenvalue weighted by atomic mass is 16.8. The van der Waals surface area contributed by atoms with E-state index in [1.807, 2.05) is 0 Å². The highest BCUT2D eigenvalue weighted by Crippen LogP contribution is 2.66. The van der Waals surface area contributed by atoms with Crippen LogP contribution in [0, 0.1) is 10.8 Å². The lowest BCUT2D eigenvalue weighted by atomic mass is 9.70. The van der Waals surface area contributed by atoms with Crippen LogP contribution >= 0.6 is 0 Å². The van der Waals surface area contributed by atoms with Crippen LogP contribution in [0.15, 0.2) is 0 Å². The highest BCUT2D eigenvalue weighted by Gasteiger charge is 2.71. The van der Waals surface area contributed by atoms with Crippen molar-refractivity contribution in [1.29, 1.82) is 0 Å². The molecule has 4 heteroatoms. The summed E-state index contributed by atoms with van der Waals surface area (Å²) in [5.74, 6) is -0.582. The average molecular weight is 270 g/mol. The Hall–Kier alpha value is -0.160. The monoisotopic (exact) mass is 270 g/mol. The molecule has 1 unspecified atom stereocenters. The van der Waals surface area contributed by atoms with E-state index in [2.05, 4.69) is 41.5 Å². The molecule has 0 radical (unpaired) electrons. The average Bonchev–Trinajstić information content (AvgIpc) is 2.60. The van der Waals surface area contributed by atoms with Gasteiger partial charge in [-0.15, -0.1) is 0 Å². The fourth-order valence-electron chi connectivity index (χ4n) is 4.02. The number of fused-ring (bicyclic) bond motifs is 1. The summed E-state index contributed by atoms with van der Waals surface area (Å²) < 4.78 is 18.2. The number of hydrogen-bond donors (Lipinski definition) is 1. The van der Waals surface area contributed by atoms with Crippen LogP contribution in [0.2, 0.25) is 0 Å². The number of aliphatic hydroxyl groups excluding tert-OH is 1. The standard InChI is InChI=1S/C15H26O4/c1-11(2)12(3,4)19-15(18-11)7-13(5)9-17-10(16)14(13,6)8-15/h10,16H,7-9H2,1-6H3/t10?,13-,14+/m0/s1. The van der Waals surface area contributed by atoms with Gasteiger partial charge in [0.05, 0.1) is 17.8 Å². The maximum atomic E-state index is 10.2. The van der Waals surface area contributed by atoms with Gasteiger partial charge in [-0.25, -0.2) is 0 Å². The van der Waals surface area contributed by atoms with Gasteiger partial charge < -0.3 is 19.3 Å². The van der Waals surface area contributed by atoms with Gasteiger partial charge in [0.25, 0.3) is 0 Å². The Morgan fingerprint density at radius 3 is 1.89 bits per heavy atom. The van der Waals surface area contributed by atoms with Crippen LogP contribution in [0.4, 0.5) is 0 Å². The predicted molar refractivity (Wildman–Crippen MR) is 70.5 cm³/mol. The molecule has 2 saturated heterocycles. The first-order chi connectivity index (χ1) is 8.46. The van der Waals surface area contributed by atoms with Crippen LogP contribution in [0.5, 0.6) is 0 Å². The van der Waals surface area contributed by atoms with Gasteiger partial charge in [0.15, 0.2) is 12.1 Å². The molecule has 0 amide bonds. The van der Waals surface area contributed by atoms with E-state index in [1.54, 1.807) is 0 Å². The Balaban J connectivity index is 1.96. The van der Waals surface area contributed by atoms with Crippen molar-refractivity contribution in [2.75, 3.05) is 6.61 Å². The summed E-state index contributed by atoms with van der Waals surface area (Å²) in [7, 11) is 0. The van der Waals surface area contributed by atoms with E-state index in [-0.39, 0.29) is 22.0 Å². The first-order valence-corrected chi connectivity index (χ1v) is 7.16. The second-order valence-electron chi connectivity index (χ2n) is 8.13. The van der Waals surface area contributed by atoms with Crippen molar-refractivity contribution in [3.8, 4) is 0 Å². The predicted octanol–water partition coefficient (Wildman–Crippen LogP) is 2.44. The van der Waals surface area contributed by atoms with Gasteiger partial charge in [0.1, 0.15) is 0 Å². The lowest BCUT2D eigenvalue weighted by Crippen LogP contribution is -2.41. The van der Waals surface area contributed by atoms with Crippen molar-refractivity contribution in [2.24, 2.45) is 10.8 Å². The van der Waals surface area contributed by atoms with E-state index in [4.69, 9.17) is 14.2 Å². The Morgan fingerprint density at radius 2 is 1.42 bits per heavy atom. The van der Waals surface area contributed by atoms with E-state index in [0.717, 1.165) is 6.42 Å². The molecule has 2 heterocycles. The fraction of sp³-hybridized carbons (Fsp3) is 1.00. The molecular formula is C15H26O4. The molecule has 110 valence electrons. The van der Waals surface area contributed by atoms with Crippen LogP contribution in [-0.2, 0) is 14.2 Å². The Morgan fingerprint density at radius 1 is 0.895 bits per heavy atom. The molecule has 2 aliphatic heterocycles. The van der Waals surface area contributed by atoms with Gasteiger partial charge in [0.2, 0.25) is 0 Å². The van der Waals surface area contributed by atoms with Crippen LogP contribution in [0.3, 0.4) is 0 Å². The molecule has 3 aliphatic rings. The smallest absolute Gasteiger partial charge is 0.171 e. The van der Waals surface area contributed by atoms with Crippen molar-refractivity contribution in [3.63, 3.8) is 0 Å². The second-order valence-corrected chi connectivity index (χ2v) is 8.13. The molecule has 1 spiro atoms. The van der Waals surface area contributed by atoms with Crippen molar-refractivity contribution in [2.45, 2.75) is 77.7 Å². The van der Waals surface area contributed by atoms with Crippen molar-refractivity contribution in [3.05, 3.63) is 0 Å². The van der Waals surface area contributed by atoms with E-state index < -0.39 is 12.1 Å². The fourth-order valence-corrected chi connectivity index (χ4v) is 4.02. The number of hydrogen-bond acceptors (Lipinski definition) is 4. The molecule has 3 atom stereocenters. The third kappa shape index (κ3) is 1.54. The van der Waals surface area contributed by atoms with Crippen molar-refractivity contribution < 1.29 is 19.3 Å². The molecule has 3 fully saturated rings. The third-order valence-corrected chi connectivity index (χ3v) is 6.11. The first kappa shape index (κ1) is 13.8. The molecule has 19 heavy (non-hydrogen) atoms. The molecule has 0 aromatic heterocycles. The number of aliphatic hydroxyl groups is 1. The van der Waals surface area contributed by atoms with Gasteiger partial charge in [-0.1, -0.05) is 13.8 Å². The SMILES string of the molecule is CC1(C)OC2(C[C@@]3(C)COC(O)[C@@]3(C)C2)OC1(C)C. The summed E-state index contributed by atoms with van der Waals surface area (Å²) in [5, 5.41) is 10.2. The first-order valence-electron chi connectivity index (χ1n) is 7.16. The van der Waals surface area contributed by atoms with Crippen LogP contribution in [-0.4, -0.2) is 35.0 Å². The van der Waals surface area contributed by atoms with E-state index >= 15 is 0 Å². The molecule has 3 rings (SSSR count). The topological polar surface area (TPSA) is 47.9 Å². The summed E-state index contributed by atoms with van der Waals surface area (Å²) in [4.78, 5) is 0. The minimum atomic E-state index is -0.726. The van der Waals surface area contributed by atoms with Gasteiger partial charge in [-0.05, 0) is 27.7 Å². The Kier molecular flexibility index (Phi) is 2.44. The summed E-state index contributed by atoms with van der Waals surface area (Å²) in [6, 6.07) is 0. The molecule has 1 N–H and O–H groups in total. The van der Waals surface area contributed by atoms with Gasteiger partial charge in [-0.2, -0.15) is 0 Å². The van der Waals surface area contributed by atoms with E-state index in [1.165, 1.54) is 0 Å².